The lowest BCUT2D eigenvalue weighted by Crippen LogP contribution is -2.42. The molecule has 1 aromatic carbocycles. The summed E-state index contributed by atoms with van der Waals surface area (Å²) in [4.78, 5) is 0. The van der Waals surface area contributed by atoms with E-state index in [2.05, 4.69) is 35.2 Å². The second kappa shape index (κ2) is 9.42. The monoisotopic (exact) mass is 392 g/mol. The average molecular weight is 393 g/mol. The molecule has 0 aromatic heterocycles. The van der Waals surface area contributed by atoms with E-state index in [1.165, 1.54) is 36.1 Å². The van der Waals surface area contributed by atoms with Crippen LogP contribution in [-0.2, 0) is 22.9 Å². The van der Waals surface area contributed by atoms with Gasteiger partial charge in [0, 0.05) is 18.3 Å². The van der Waals surface area contributed by atoms with Crippen molar-refractivity contribution < 1.29 is 8.42 Å². The average Bonchev–Trinajstić information content (AvgIpc) is 3.13. The fourth-order valence-corrected chi connectivity index (χ4v) is 5.83. The lowest BCUT2D eigenvalue weighted by Gasteiger charge is -2.30. The molecule has 0 aliphatic heterocycles. The van der Waals surface area contributed by atoms with E-state index in [0.29, 0.717) is 5.92 Å². The van der Waals surface area contributed by atoms with Crippen LogP contribution in [0.15, 0.2) is 18.2 Å². The molecule has 1 atom stereocenters. The van der Waals surface area contributed by atoms with Crippen molar-refractivity contribution in [2.24, 2.45) is 5.92 Å². The second-order valence-corrected chi connectivity index (χ2v) is 10.7. The molecule has 0 bridgehead atoms. The molecule has 3 rings (SSSR count). The van der Waals surface area contributed by atoms with E-state index in [4.69, 9.17) is 0 Å². The van der Waals surface area contributed by atoms with E-state index in [0.717, 1.165) is 51.5 Å². The zero-order chi connectivity index (χ0) is 19.3. The number of benzene rings is 1. The number of hydrogen-bond donors (Lipinski definition) is 2. The molecule has 1 unspecified atom stereocenters. The van der Waals surface area contributed by atoms with Crippen LogP contribution in [0.25, 0.3) is 0 Å². The molecule has 2 aliphatic rings. The van der Waals surface area contributed by atoms with E-state index >= 15 is 0 Å². The molecule has 0 spiro atoms. The predicted octanol–water partition coefficient (Wildman–Crippen LogP) is 4.64. The van der Waals surface area contributed by atoms with Gasteiger partial charge in [0.05, 0.1) is 5.25 Å². The maximum absolute atomic E-state index is 12.5. The summed E-state index contributed by atoms with van der Waals surface area (Å²) in [5, 5.41) is 3.33. The van der Waals surface area contributed by atoms with Crippen molar-refractivity contribution in [1.82, 2.24) is 4.72 Å². The second-order valence-electron chi connectivity index (χ2n) is 8.55. The Morgan fingerprint density at radius 3 is 2.59 bits per heavy atom. The van der Waals surface area contributed by atoms with E-state index in [1.807, 2.05) is 6.92 Å². The van der Waals surface area contributed by atoms with Crippen molar-refractivity contribution in [1.29, 1.82) is 0 Å². The van der Waals surface area contributed by atoms with Crippen LogP contribution < -0.4 is 10.0 Å². The number of rotatable bonds is 9. The number of unbranched alkanes of at least 4 members (excludes halogenated alkanes) is 1. The molecular weight excluding hydrogens is 356 g/mol. The highest BCUT2D eigenvalue weighted by Gasteiger charge is 2.27. The van der Waals surface area contributed by atoms with Gasteiger partial charge in [0.25, 0.3) is 0 Å². The zero-order valence-corrected chi connectivity index (χ0v) is 17.8. The Bertz CT molecular complexity index is 709. The summed E-state index contributed by atoms with van der Waals surface area (Å²) in [5.41, 5.74) is 4.26. The van der Waals surface area contributed by atoms with E-state index in [-0.39, 0.29) is 11.3 Å². The van der Waals surface area contributed by atoms with E-state index < -0.39 is 10.0 Å². The first kappa shape index (κ1) is 20.7. The summed E-state index contributed by atoms with van der Waals surface area (Å²) in [7, 11) is -3.18. The van der Waals surface area contributed by atoms with Gasteiger partial charge in [-0.1, -0.05) is 25.8 Å². The molecule has 152 valence electrons. The van der Waals surface area contributed by atoms with Crippen molar-refractivity contribution in [2.45, 2.75) is 89.3 Å². The fraction of sp³-hybridized carbons (Fsp3) is 0.727. The Kier molecular flexibility index (Phi) is 7.21. The molecule has 0 amide bonds. The first-order chi connectivity index (χ1) is 13.0. The number of sulfonamides is 1. The van der Waals surface area contributed by atoms with E-state index in [1.54, 1.807) is 0 Å². The first-order valence-electron chi connectivity index (χ1n) is 10.8. The third-order valence-electron chi connectivity index (χ3n) is 6.36. The van der Waals surface area contributed by atoms with Gasteiger partial charge in [0.2, 0.25) is 10.0 Å². The van der Waals surface area contributed by atoms with Gasteiger partial charge in [-0.05, 0) is 87.5 Å². The standard InChI is InChI=1S/C22H36N2O2S/c1-3-4-6-17(2)27(25,26)24-21-12-9-18(10-13-21)16-23-22-14-11-19-7-5-8-20(19)15-22/h11,14-15,17-18,21,23-24H,3-10,12-13,16H2,1-2H3/t17?,18-,21-. The molecule has 2 N–H and O–H groups in total. The molecule has 27 heavy (non-hydrogen) atoms. The van der Waals surface area contributed by atoms with Crippen molar-refractivity contribution in [3.8, 4) is 0 Å². The highest BCUT2D eigenvalue weighted by molar-refractivity contribution is 7.90. The van der Waals surface area contributed by atoms with Crippen molar-refractivity contribution in [2.75, 3.05) is 11.9 Å². The fourth-order valence-electron chi connectivity index (χ4n) is 4.42. The summed E-state index contributed by atoms with van der Waals surface area (Å²) in [6, 6.07) is 6.92. The third kappa shape index (κ3) is 5.71. The molecule has 1 saturated carbocycles. The van der Waals surface area contributed by atoms with Crippen LogP contribution in [0.5, 0.6) is 0 Å². The maximum Gasteiger partial charge on any atom is 0.214 e. The molecular formula is C22H36N2O2S. The van der Waals surface area contributed by atoms with Crippen molar-refractivity contribution in [3.63, 3.8) is 0 Å². The summed E-state index contributed by atoms with van der Waals surface area (Å²) in [6.07, 6.45) is 10.6. The number of aryl methyl sites for hydroxylation is 2. The van der Waals surface area contributed by atoms with Gasteiger partial charge in [-0.3, -0.25) is 0 Å². The highest BCUT2D eigenvalue weighted by atomic mass is 32.2. The topological polar surface area (TPSA) is 58.2 Å². The van der Waals surface area contributed by atoms with Crippen molar-refractivity contribution in [3.05, 3.63) is 29.3 Å². The first-order valence-corrected chi connectivity index (χ1v) is 12.4. The predicted molar refractivity (Wildman–Crippen MR) is 114 cm³/mol. The number of hydrogen-bond acceptors (Lipinski definition) is 3. The van der Waals surface area contributed by atoms with Gasteiger partial charge < -0.3 is 5.32 Å². The number of fused-ring (bicyclic) bond motifs is 1. The lowest BCUT2D eigenvalue weighted by molar-refractivity contribution is 0.323. The number of anilines is 1. The van der Waals surface area contributed by atoms with Gasteiger partial charge in [0.1, 0.15) is 0 Å². The molecule has 0 heterocycles. The number of nitrogens with one attached hydrogen (secondary N) is 2. The Balaban J connectivity index is 1.41. The molecule has 4 nitrogen and oxygen atoms in total. The maximum atomic E-state index is 12.5. The molecule has 2 aliphatic carbocycles. The van der Waals surface area contributed by atoms with Crippen LogP contribution in [0, 0.1) is 5.92 Å². The molecule has 5 heteroatoms. The van der Waals surface area contributed by atoms with Crippen LogP contribution in [0.2, 0.25) is 0 Å². The minimum atomic E-state index is -3.18. The van der Waals surface area contributed by atoms with Gasteiger partial charge in [-0.25, -0.2) is 13.1 Å². The van der Waals surface area contributed by atoms with Gasteiger partial charge in [0.15, 0.2) is 0 Å². The smallest absolute Gasteiger partial charge is 0.214 e. The van der Waals surface area contributed by atoms with Crippen LogP contribution in [0.3, 0.4) is 0 Å². The normalized spacial score (nSPS) is 23.8. The minimum Gasteiger partial charge on any atom is -0.385 e. The Morgan fingerprint density at radius 2 is 1.85 bits per heavy atom. The molecule has 1 aromatic rings. The van der Waals surface area contributed by atoms with Gasteiger partial charge >= 0.3 is 0 Å². The zero-order valence-electron chi connectivity index (χ0n) is 17.0. The Morgan fingerprint density at radius 1 is 1.11 bits per heavy atom. The summed E-state index contributed by atoms with van der Waals surface area (Å²) >= 11 is 0. The lowest BCUT2D eigenvalue weighted by atomic mass is 9.86. The van der Waals surface area contributed by atoms with Crippen LogP contribution in [0.1, 0.15) is 76.3 Å². The minimum absolute atomic E-state index is 0.121. The van der Waals surface area contributed by atoms with Crippen LogP contribution >= 0.6 is 0 Å². The van der Waals surface area contributed by atoms with E-state index in [9.17, 15) is 8.42 Å². The Hall–Kier alpha value is -1.07. The Labute approximate surface area is 165 Å². The summed E-state index contributed by atoms with van der Waals surface area (Å²) < 4.78 is 27.9. The van der Waals surface area contributed by atoms with Crippen molar-refractivity contribution >= 4 is 15.7 Å². The largest absolute Gasteiger partial charge is 0.385 e. The third-order valence-corrected chi connectivity index (χ3v) is 8.32. The van der Waals surface area contributed by atoms with Gasteiger partial charge in [-0.2, -0.15) is 0 Å². The van der Waals surface area contributed by atoms with Crippen LogP contribution in [0.4, 0.5) is 5.69 Å². The molecule has 1 fully saturated rings. The quantitative estimate of drug-likeness (QED) is 0.643. The van der Waals surface area contributed by atoms with Gasteiger partial charge in [-0.15, -0.1) is 0 Å². The summed E-state index contributed by atoms with van der Waals surface area (Å²) in [5.74, 6) is 0.636. The SMILES string of the molecule is CCCCC(C)S(=O)(=O)N[C@H]1CC[C@H](CNc2ccc3c(c2)CCC3)CC1. The molecule has 0 radical (unpaired) electrons. The molecule has 0 saturated heterocycles. The highest BCUT2D eigenvalue weighted by Crippen LogP contribution is 2.28. The van der Waals surface area contributed by atoms with Crippen LogP contribution in [-0.4, -0.2) is 26.3 Å². The summed E-state index contributed by atoms with van der Waals surface area (Å²) in [6.45, 7) is 4.93.